The number of nitroso groups, excluding NO2 is 1. The van der Waals surface area contributed by atoms with Gasteiger partial charge in [-0.3, -0.25) is 9.69 Å². The fourth-order valence-corrected chi connectivity index (χ4v) is 11.7. The third-order valence-corrected chi connectivity index (χ3v) is 16.0. The first-order valence-electron chi connectivity index (χ1n) is 22.6. The number of fused-ring (bicyclic) bond motifs is 1. The van der Waals surface area contributed by atoms with Gasteiger partial charge in [-0.05, 0) is 141 Å². The van der Waals surface area contributed by atoms with E-state index < -0.39 is 21.5 Å². The largest absolute Gasteiger partial charge is 0.455 e. The summed E-state index contributed by atoms with van der Waals surface area (Å²) >= 11 is 0. The first-order valence-corrected chi connectivity index (χ1v) is 24.1. The van der Waals surface area contributed by atoms with Crippen LogP contribution in [0, 0.1) is 16.2 Å². The van der Waals surface area contributed by atoms with E-state index in [1.807, 2.05) is 25.1 Å². The van der Waals surface area contributed by atoms with Gasteiger partial charge in [0.25, 0.3) is 15.9 Å². The van der Waals surface area contributed by atoms with Crippen molar-refractivity contribution < 1.29 is 23.1 Å². The summed E-state index contributed by atoms with van der Waals surface area (Å²) in [7, 11) is -4.49. The molecule has 4 N–H and O–H groups in total. The summed E-state index contributed by atoms with van der Waals surface area (Å²) < 4.78 is 35.9. The fourth-order valence-electron chi connectivity index (χ4n) is 10.8. The molecule has 10 rings (SSSR count). The number of aliphatic hydroxyl groups is 1. The lowest BCUT2D eigenvalue weighted by molar-refractivity contribution is -0.0493. The van der Waals surface area contributed by atoms with Crippen molar-refractivity contribution in [1.29, 1.82) is 0 Å². The highest BCUT2D eigenvalue weighted by Crippen LogP contribution is 2.51. The van der Waals surface area contributed by atoms with Gasteiger partial charge in [0.05, 0.1) is 17.4 Å². The number of sulfonamides is 1. The quantitative estimate of drug-likeness (QED) is 0.0831. The van der Waals surface area contributed by atoms with E-state index in [1.165, 1.54) is 32.1 Å². The highest BCUT2D eigenvalue weighted by atomic mass is 32.2. The van der Waals surface area contributed by atoms with Gasteiger partial charge in [-0.1, -0.05) is 30.7 Å². The lowest BCUT2D eigenvalue weighted by Gasteiger charge is -2.57. The molecule has 14 nitrogen and oxygen atoms in total. The highest BCUT2D eigenvalue weighted by molar-refractivity contribution is 7.90. The van der Waals surface area contributed by atoms with Gasteiger partial charge >= 0.3 is 0 Å². The predicted octanol–water partition coefficient (Wildman–Crippen LogP) is 8.74. The minimum absolute atomic E-state index is 0.0143. The molecule has 2 aromatic carbocycles. The zero-order valence-electron chi connectivity index (χ0n) is 35.8. The molecule has 3 aliphatic carbocycles. The number of aromatic nitrogens is 3. The first kappa shape index (κ1) is 41.6. The summed E-state index contributed by atoms with van der Waals surface area (Å²) in [4.78, 5) is 42.3. The molecule has 330 valence electrons. The Morgan fingerprint density at radius 1 is 0.937 bits per heavy atom. The average Bonchev–Trinajstić information content (AvgIpc) is 3.82. The fraction of sp³-hybridized carbons (Fsp3) is 0.479. The van der Waals surface area contributed by atoms with E-state index in [0.29, 0.717) is 48.2 Å². The van der Waals surface area contributed by atoms with E-state index >= 15 is 0 Å². The molecule has 0 bridgehead atoms. The lowest BCUT2D eigenvalue weighted by Crippen LogP contribution is -2.63. The molecule has 5 heterocycles. The number of likely N-dealkylation sites (tertiary alicyclic amines) is 1. The Kier molecular flexibility index (Phi) is 11.0. The molecule has 2 saturated heterocycles. The molecular weight excluding hydrogens is 817 g/mol. The number of H-pyrrole nitrogens is 1. The van der Waals surface area contributed by atoms with Crippen molar-refractivity contribution >= 4 is 44.2 Å². The number of nitrogens with one attached hydrogen (secondary N) is 3. The zero-order valence-corrected chi connectivity index (χ0v) is 36.6. The molecule has 5 fully saturated rings. The van der Waals surface area contributed by atoms with Gasteiger partial charge in [-0.25, -0.2) is 23.1 Å². The van der Waals surface area contributed by atoms with Crippen LogP contribution in [-0.2, 0) is 10.0 Å². The highest BCUT2D eigenvalue weighted by Gasteiger charge is 2.49. The summed E-state index contributed by atoms with van der Waals surface area (Å²) in [6.07, 6.45) is 16.0. The zero-order chi connectivity index (χ0) is 43.3. The molecular formula is C48H56N8O6S. The first-order chi connectivity index (χ1) is 30.4. The van der Waals surface area contributed by atoms with Crippen LogP contribution in [0.25, 0.3) is 11.0 Å². The van der Waals surface area contributed by atoms with Crippen LogP contribution in [0.4, 0.5) is 17.2 Å². The van der Waals surface area contributed by atoms with Crippen molar-refractivity contribution in [3.8, 4) is 11.5 Å². The SMILES string of the molecule is C[C@]1(O)CC[C@H](CNc2ncc(S(=O)(=O)NC(=O)c3ccc(N4CCC5(CC4)CN([C@H]4CCC[C@@H]4c4ccccc4C4CC4)C5)cc3Oc3cnc4[nH]ccc4c3)cc2N=O)CC1. The number of amides is 1. The molecule has 2 atom stereocenters. The smallest absolute Gasteiger partial charge is 0.268 e. The second-order valence-corrected chi connectivity index (χ2v) is 20.8. The summed E-state index contributed by atoms with van der Waals surface area (Å²) in [5.74, 6) is 1.46. The summed E-state index contributed by atoms with van der Waals surface area (Å²) in [5, 5.41) is 17.3. The molecule has 15 heteroatoms. The van der Waals surface area contributed by atoms with Crippen LogP contribution < -0.4 is 19.7 Å². The normalized spacial score (nSPS) is 24.9. The molecule has 5 aromatic rings. The van der Waals surface area contributed by atoms with E-state index in [1.54, 1.807) is 35.7 Å². The maximum Gasteiger partial charge on any atom is 0.268 e. The second kappa shape index (κ2) is 16.6. The predicted molar refractivity (Wildman–Crippen MR) is 242 cm³/mol. The minimum atomic E-state index is -4.49. The van der Waals surface area contributed by atoms with Crippen LogP contribution in [0.3, 0.4) is 0 Å². The minimum Gasteiger partial charge on any atom is -0.455 e. The number of benzene rings is 2. The van der Waals surface area contributed by atoms with Crippen molar-refractivity contribution in [3.63, 3.8) is 0 Å². The van der Waals surface area contributed by atoms with Gasteiger partial charge in [-0.15, -0.1) is 4.91 Å². The third-order valence-electron chi connectivity index (χ3n) is 14.7. The number of carbonyl (C=O) groups is 1. The van der Waals surface area contributed by atoms with Gasteiger partial charge in [0.2, 0.25) is 0 Å². The maximum atomic E-state index is 13.9. The molecule has 3 aromatic heterocycles. The van der Waals surface area contributed by atoms with Crippen LogP contribution in [0.5, 0.6) is 11.5 Å². The number of hydrogen-bond donors (Lipinski definition) is 4. The topological polar surface area (TPSA) is 182 Å². The monoisotopic (exact) mass is 872 g/mol. The van der Waals surface area contributed by atoms with Gasteiger partial charge in [-0.2, -0.15) is 0 Å². The summed E-state index contributed by atoms with van der Waals surface area (Å²) in [6.45, 7) is 6.31. The van der Waals surface area contributed by atoms with E-state index in [4.69, 9.17) is 4.74 Å². The van der Waals surface area contributed by atoms with Crippen molar-refractivity contribution in [2.75, 3.05) is 42.9 Å². The van der Waals surface area contributed by atoms with Crippen LogP contribution in [0.2, 0.25) is 0 Å². The Bertz CT molecular complexity index is 2620. The standard InChI is InChI=1S/C48H56N8O6S/c1-47(58)16-13-31(14-17-47)26-50-45-41(53-59)25-36(28-52-45)63(60,61)54-46(57)40-12-11-34(24-43(40)62-35-23-33-15-20-49-44(33)51-27-35)55-21-18-48(19-22-55)29-56(30-48)42-8-4-7-39(42)38-6-3-2-5-37(38)32-9-10-32/h2-3,5-6,11-12,15,20,23-25,27-28,31-32,39,42,58H,4,7-10,13-14,16-19,21-22,26,29-30H2,1H3,(H,49,51)(H,50,52)(H,54,57)/t31-,39-,42+,47-/m1/s1. The van der Waals surface area contributed by atoms with Crippen molar-refractivity contribution in [2.24, 2.45) is 16.5 Å². The number of hydrogen-bond acceptors (Lipinski definition) is 12. The molecule has 1 spiro atoms. The number of anilines is 2. The molecule has 0 unspecified atom stereocenters. The summed E-state index contributed by atoms with van der Waals surface area (Å²) in [6, 6.07) is 19.9. The molecule has 2 aliphatic heterocycles. The number of aromatic amines is 1. The van der Waals surface area contributed by atoms with E-state index in [-0.39, 0.29) is 33.6 Å². The average molecular weight is 873 g/mol. The Labute approximate surface area is 368 Å². The van der Waals surface area contributed by atoms with E-state index in [0.717, 1.165) is 81.1 Å². The van der Waals surface area contributed by atoms with Gasteiger partial charge in [0.1, 0.15) is 22.0 Å². The number of piperidine rings is 1. The summed E-state index contributed by atoms with van der Waals surface area (Å²) in [5.41, 5.74) is 4.21. The van der Waals surface area contributed by atoms with E-state index in [9.17, 15) is 23.2 Å². The third kappa shape index (κ3) is 8.67. The number of nitrogens with zero attached hydrogens (tertiary/aromatic N) is 5. The molecule has 0 radical (unpaired) electrons. The number of pyridine rings is 2. The molecule has 63 heavy (non-hydrogen) atoms. The van der Waals surface area contributed by atoms with Crippen LogP contribution in [0.1, 0.15) is 111 Å². The van der Waals surface area contributed by atoms with E-state index in [2.05, 4.69) is 64.2 Å². The maximum absolute atomic E-state index is 13.9. The van der Waals surface area contributed by atoms with Gasteiger partial charge in [0.15, 0.2) is 11.5 Å². The van der Waals surface area contributed by atoms with Crippen molar-refractivity contribution in [3.05, 3.63) is 101 Å². The molecule has 1 amide bonds. The number of rotatable bonds is 13. The van der Waals surface area contributed by atoms with Crippen molar-refractivity contribution in [2.45, 2.75) is 106 Å². The van der Waals surface area contributed by atoms with Gasteiger partial charge < -0.3 is 25.0 Å². The Morgan fingerprint density at radius 3 is 2.48 bits per heavy atom. The molecule has 3 saturated carbocycles. The second-order valence-electron chi connectivity index (χ2n) is 19.2. The Morgan fingerprint density at radius 2 is 1.71 bits per heavy atom. The van der Waals surface area contributed by atoms with Crippen LogP contribution in [0.15, 0.2) is 89.3 Å². The molecule has 5 aliphatic rings. The Hall–Kier alpha value is -5.38. The lowest BCUT2D eigenvalue weighted by atomic mass is 9.70. The Balaban J connectivity index is 0.826. The van der Waals surface area contributed by atoms with Crippen LogP contribution >= 0.6 is 0 Å². The van der Waals surface area contributed by atoms with Crippen molar-refractivity contribution in [1.82, 2.24) is 24.6 Å². The van der Waals surface area contributed by atoms with Crippen LogP contribution in [-0.4, -0.2) is 83.7 Å². The number of ether oxygens (including phenoxy) is 1. The van der Waals surface area contributed by atoms with Gasteiger partial charge in [0, 0.05) is 68.3 Å². The number of carbonyl (C=O) groups excluding carboxylic acids is 1.